The molecule has 0 spiro atoms. The first-order valence-electron chi connectivity index (χ1n) is 8.18. The molecule has 0 atom stereocenters. The maximum Gasteiger partial charge on any atom is 0.253 e. The predicted molar refractivity (Wildman–Crippen MR) is 95.0 cm³/mol. The summed E-state index contributed by atoms with van der Waals surface area (Å²) < 4.78 is 5.35. The van der Waals surface area contributed by atoms with Gasteiger partial charge in [-0.3, -0.25) is 4.79 Å². The van der Waals surface area contributed by atoms with E-state index < -0.39 is 0 Å². The zero-order chi connectivity index (χ0) is 16.7. The van der Waals surface area contributed by atoms with Crippen LogP contribution in [0.2, 0.25) is 0 Å². The lowest BCUT2D eigenvalue weighted by Gasteiger charge is -2.23. The summed E-state index contributed by atoms with van der Waals surface area (Å²) in [5.74, 6) is 0. The third-order valence-corrected chi connectivity index (χ3v) is 4.40. The van der Waals surface area contributed by atoms with Crippen LogP contribution in [0.4, 0.5) is 0 Å². The summed E-state index contributed by atoms with van der Waals surface area (Å²) >= 11 is 5.27. The average Bonchev–Trinajstić information content (AvgIpc) is 2.51. The third-order valence-electron chi connectivity index (χ3n) is 4.11. The quantitative estimate of drug-likeness (QED) is 0.406. The molecule has 0 amide bonds. The molecule has 1 aliphatic heterocycles. The molecule has 1 saturated heterocycles. The van der Waals surface area contributed by atoms with E-state index in [1.807, 2.05) is 19.9 Å². The molecule has 1 aliphatic rings. The topological polar surface area (TPSA) is 70.6 Å². The van der Waals surface area contributed by atoms with E-state index >= 15 is 0 Å². The molecule has 0 radical (unpaired) electrons. The first-order valence-corrected chi connectivity index (χ1v) is 8.59. The van der Waals surface area contributed by atoms with Crippen molar-refractivity contribution in [2.75, 3.05) is 39.4 Å². The lowest BCUT2D eigenvalue weighted by atomic mass is 10.1. The van der Waals surface area contributed by atoms with Crippen molar-refractivity contribution < 1.29 is 9.64 Å². The van der Waals surface area contributed by atoms with Gasteiger partial charge in [0.25, 0.3) is 5.56 Å². The fourth-order valence-corrected chi connectivity index (χ4v) is 2.96. The number of nitrogens with one attached hydrogen (secondary N) is 4. The van der Waals surface area contributed by atoms with Crippen molar-refractivity contribution in [2.45, 2.75) is 26.8 Å². The molecular weight excluding hydrogens is 312 g/mol. The highest BCUT2D eigenvalue weighted by atomic mass is 32.1. The molecule has 23 heavy (non-hydrogen) atoms. The van der Waals surface area contributed by atoms with Crippen LogP contribution >= 0.6 is 12.2 Å². The Morgan fingerprint density at radius 2 is 2.09 bits per heavy atom. The molecule has 1 aromatic heterocycles. The van der Waals surface area contributed by atoms with Gasteiger partial charge in [-0.1, -0.05) is 0 Å². The van der Waals surface area contributed by atoms with Crippen LogP contribution in [0.1, 0.15) is 23.2 Å². The van der Waals surface area contributed by atoms with Crippen LogP contribution < -0.4 is 21.1 Å². The third kappa shape index (κ3) is 5.93. The molecule has 0 aromatic carbocycles. The summed E-state index contributed by atoms with van der Waals surface area (Å²) in [5.41, 5.74) is 2.55. The smallest absolute Gasteiger partial charge is 0.253 e. The number of H-pyrrole nitrogens is 1. The van der Waals surface area contributed by atoms with Gasteiger partial charge in [-0.25, -0.2) is 0 Å². The van der Waals surface area contributed by atoms with Crippen molar-refractivity contribution in [3.8, 4) is 0 Å². The lowest BCUT2D eigenvalue weighted by molar-refractivity contribution is -0.908. The van der Waals surface area contributed by atoms with Gasteiger partial charge in [0.1, 0.15) is 13.1 Å². The highest BCUT2D eigenvalue weighted by Crippen LogP contribution is 2.02. The number of quaternary nitrogens is 1. The first kappa shape index (κ1) is 17.9. The molecule has 4 N–H and O–H groups in total. The van der Waals surface area contributed by atoms with Crippen molar-refractivity contribution in [1.82, 2.24) is 15.6 Å². The molecule has 2 rings (SSSR count). The van der Waals surface area contributed by atoms with Crippen LogP contribution in [0.15, 0.2) is 10.9 Å². The summed E-state index contributed by atoms with van der Waals surface area (Å²) in [4.78, 5) is 16.4. The van der Waals surface area contributed by atoms with E-state index in [0.29, 0.717) is 11.7 Å². The van der Waals surface area contributed by atoms with E-state index in [-0.39, 0.29) is 5.56 Å². The zero-order valence-corrected chi connectivity index (χ0v) is 14.8. The van der Waals surface area contributed by atoms with E-state index in [4.69, 9.17) is 17.0 Å². The molecule has 7 heteroatoms. The summed E-state index contributed by atoms with van der Waals surface area (Å²) in [5, 5.41) is 6.92. The molecule has 0 unspecified atom stereocenters. The Hall–Kier alpha value is -1.44. The number of hydrogen-bond acceptors (Lipinski definition) is 3. The van der Waals surface area contributed by atoms with Gasteiger partial charge in [-0.15, -0.1) is 0 Å². The highest BCUT2D eigenvalue weighted by Gasteiger charge is 2.12. The summed E-state index contributed by atoms with van der Waals surface area (Å²) in [6.45, 7) is 10.2. The predicted octanol–water partition coefficient (Wildman–Crippen LogP) is -0.739. The Labute approximate surface area is 142 Å². The fourth-order valence-electron chi connectivity index (χ4n) is 2.78. The molecule has 0 saturated carbocycles. The van der Waals surface area contributed by atoms with Crippen LogP contribution in [0.5, 0.6) is 0 Å². The Balaban J connectivity index is 1.66. The number of aromatic amines is 1. The van der Waals surface area contributed by atoms with Crippen LogP contribution in [-0.4, -0.2) is 49.5 Å². The number of ether oxygens (including phenoxy) is 1. The van der Waals surface area contributed by atoms with Crippen LogP contribution in [0.3, 0.4) is 0 Å². The molecule has 128 valence electrons. The Kier molecular flexibility index (Phi) is 7.01. The molecule has 1 aromatic rings. The molecule has 0 aliphatic carbocycles. The number of pyridine rings is 1. The van der Waals surface area contributed by atoms with E-state index in [9.17, 15) is 4.79 Å². The maximum absolute atomic E-state index is 11.9. The Morgan fingerprint density at radius 1 is 1.35 bits per heavy atom. The summed E-state index contributed by atoms with van der Waals surface area (Å²) in [6.07, 6.45) is 1.07. The molecule has 1 fully saturated rings. The number of aromatic nitrogens is 1. The van der Waals surface area contributed by atoms with Gasteiger partial charge in [-0.2, -0.15) is 0 Å². The van der Waals surface area contributed by atoms with Gasteiger partial charge in [0.05, 0.1) is 19.8 Å². The average molecular weight is 339 g/mol. The van der Waals surface area contributed by atoms with Gasteiger partial charge >= 0.3 is 0 Å². The summed E-state index contributed by atoms with van der Waals surface area (Å²) in [7, 11) is 0. The van der Waals surface area contributed by atoms with Gasteiger partial charge in [0.15, 0.2) is 5.11 Å². The normalized spacial score (nSPS) is 15.4. The van der Waals surface area contributed by atoms with Crippen molar-refractivity contribution in [3.63, 3.8) is 0 Å². The molecule has 6 nitrogen and oxygen atoms in total. The van der Waals surface area contributed by atoms with Crippen LogP contribution in [0.25, 0.3) is 0 Å². The van der Waals surface area contributed by atoms with Crippen molar-refractivity contribution >= 4 is 17.3 Å². The van der Waals surface area contributed by atoms with E-state index in [0.717, 1.165) is 62.6 Å². The minimum atomic E-state index is -0.0475. The monoisotopic (exact) mass is 339 g/mol. The summed E-state index contributed by atoms with van der Waals surface area (Å²) in [6, 6.07) is 1.97. The van der Waals surface area contributed by atoms with Gasteiger partial charge in [-0.05, 0) is 37.7 Å². The fraction of sp³-hybridized carbons (Fsp3) is 0.625. The lowest BCUT2D eigenvalue weighted by Crippen LogP contribution is -3.14. The minimum Gasteiger partial charge on any atom is -0.370 e. The second-order valence-corrected chi connectivity index (χ2v) is 6.43. The largest absolute Gasteiger partial charge is 0.370 e. The first-order chi connectivity index (χ1) is 11.1. The number of rotatable bonds is 6. The second-order valence-electron chi connectivity index (χ2n) is 6.02. The standard InChI is InChI=1S/C16H26N4O2S/c1-12-10-13(2)19-15(21)14(12)11-18-16(23)17-4-3-5-20-6-8-22-9-7-20/h10H,3-9,11H2,1-2H3,(H,19,21)(H2,17,18,23)/p+1. The Bertz CT molecular complexity index is 582. The molecule has 0 bridgehead atoms. The number of aryl methyl sites for hydroxylation is 2. The molecular formula is C16H27N4O2S+. The van der Waals surface area contributed by atoms with Crippen molar-refractivity contribution in [2.24, 2.45) is 0 Å². The van der Waals surface area contributed by atoms with E-state index in [1.54, 1.807) is 4.90 Å². The number of thiocarbonyl (C=S) groups is 1. The van der Waals surface area contributed by atoms with E-state index in [2.05, 4.69) is 15.6 Å². The van der Waals surface area contributed by atoms with Gasteiger partial charge in [0, 0.05) is 30.8 Å². The minimum absolute atomic E-state index is 0.0475. The second kappa shape index (κ2) is 9.00. The van der Waals surface area contributed by atoms with Crippen molar-refractivity contribution in [3.05, 3.63) is 33.2 Å². The number of hydrogen-bond donors (Lipinski definition) is 4. The van der Waals surface area contributed by atoms with Crippen LogP contribution in [-0.2, 0) is 11.3 Å². The SMILES string of the molecule is Cc1cc(C)c(CNC(=S)NCCC[NH+]2CCOCC2)c(=O)[nH]1. The van der Waals surface area contributed by atoms with Crippen LogP contribution in [0, 0.1) is 13.8 Å². The van der Waals surface area contributed by atoms with Crippen molar-refractivity contribution in [1.29, 1.82) is 0 Å². The zero-order valence-electron chi connectivity index (χ0n) is 14.0. The maximum atomic E-state index is 11.9. The van der Waals surface area contributed by atoms with Gasteiger partial charge < -0.3 is 25.3 Å². The van der Waals surface area contributed by atoms with Gasteiger partial charge in [0.2, 0.25) is 0 Å². The Morgan fingerprint density at radius 3 is 2.78 bits per heavy atom. The number of morpholine rings is 1. The highest BCUT2D eigenvalue weighted by molar-refractivity contribution is 7.80. The van der Waals surface area contributed by atoms with E-state index in [1.165, 1.54) is 0 Å². The molecule has 2 heterocycles.